The first-order valence-electron chi connectivity index (χ1n) is 7.56. The Morgan fingerprint density at radius 1 is 1.27 bits per heavy atom. The second-order valence-corrected chi connectivity index (χ2v) is 6.80. The lowest BCUT2D eigenvalue weighted by molar-refractivity contribution is -0.317. The summed E-state index contributed by atoms with van der Waals surface area (Å²) in [7, 11) is 0. The molecule has 1 heterocycles. The maximum absolute atomic E-state index is 10.1. The van der Waals surface area contributed by atoms with Gasteiger partial charge in [-0.3, -0.25) is 4.79 Å². The third-order valence-electron chi connectivity index (χ3n) is 3.37. The minimum Gasteiger partial charge on any atom is -0.481 e. The van der Waals surface area contributed by atoms with Gasteiger partial charge in [-0.25, -0.2) is 0 Å². The summed E-state index contributed by atoms with van der Waals surface area (Å²) in [6.07, 6.45) is 2.02. The number of hydrogen-bond donors (Lipinski definition) is 3. The minimum absolute atomic E-state index is 0.120. The molecule has 7 heteroatoms. The Morgan fingerprint density at radius 3 is 2.05 bits per heavy atom. The standard InChI is InChI=1S/C13H27NO4.C2H4O2/c1-6-7-17-11(15)18-10-8-12(2,3)14(16)13(4,5)9-10;1-2(3)4/h10-11,15-16H,6-9H2,1-5H3;1H3,(H,3,4). The first-order chi connectivity index (χ1) is 9.92. The van der Waals surface area contributed by atoms with Gasteiger partial charge in [-0.05, 0) is 47.0 Å². The summed E-state index contributed by atoms with van der Waals surface area (Å²) >= 11 is 0. The molecule has 1 atom stereocenters. The number of aliphatic carboxylic acids is 1. The molecule has 0 aliphatic carbocycles. The van der Waals surface area contributed by atoms with Crippen molar-refractivity contribution in [2.75, 3.05) is 6.61 Å². The number of rotatable bonds is 5. The number of carbonyl (C=O) groups is 1. The van der Waals surface area contributed by atoms with E-state index in [4.69, 9.17) is 19.4 Å². The summed E-state index contributed by atoms with van der Waals surface area (Å²) in [4.78, 5) is 9.00. The average molecular weight is 321 g/mol. The van der Waals surface area contributed by atoms with Gasteiger partial charge in [0.2, 0.25) is 0 Å². The number of nitrogens with zero attached hydrogens (tertiary/aromatic N) is 1. The van der Waals surface area contributed by atoms with Crippen molar-refractivity contribution in [3.8, 4) is 0 Å². The van der Waals surface area contributed by atoms with Gasteiger partial charge in [-0.1, -0.05) is 6.92 Å². The van der Waals surface area contributed by atoms with Crippen LogP contribution in [0.3, 0.4) is 0 Å². The first-order valence-corrected chi connectivity index (χ1v) is 7.56. The summed E-state index contributed by atoms with van der Waals surface area (Å²) in [5.74, 6) is -0.833. The molecule has 0 bridgehead atoms. The predicted molar refractivity (Wildman–Crippen MR) is 81.5 cm³/mol. The highest BCUT2D eigenvalue weighted by Crippen LogP contribution is 2.38. The van der Waals surface area contributed by atoms with Crippen LogP contribution in [0.2, 0.25) is 0 Å². The Hall–Kier alpha value is -0.730. The molecule has 132 valence electrons. The highest BCUT2D eigenvalue weighted by molar-refractivity contribution is 5.62. The highest BCUT2D eigenvalue weighted by atomic mass is 16.8. The van der Waals surface area contributed by atoms with E-state index in [-0.39, 0.29) is 17.2 Å². The van der Waals surface area contributed by atoms with E-state index in [1.807, 2.05) is 34.6 Å². The molecule has 1 aliphatic rings. The van der Waals surface area contributed by atoms with Crippen LogP contribution in [0.4, 0.5) is 0 Å². The van der Waals surface area contributed by atoms with Crippen LogP contribution in [0.1, 0.15) is 60.8 Å². The molecular weight excluding hydrogens is 290 g/mol. The zero-order valence-corrected chi connectivity index (χ0v) is 14.5. The summed E-state index contributed by atoms with van der Waals surface area (Å²) in [6, 6.07) is 0. The largest absolute Gasteiger partial charge is 0.481 e. The van der Waals surface area contributed by atoms with E-state index in [0.29, 0.717) is 19.4 Å². The maximum Gasteiger partial charge on any atom is 0.300 e. The number of carboxylic acids is 1. The molecule has 0 saturated carbocycles. The third-order valence-corrected chi connectivity index (χ3v) is 3.37. The summed E-state index contributed by atoms with van der Waals surface area (Å²) in [6.45, 7) is 10.2. The van der Waals surface area contributed by atoms with Gasteiger partial charge in [0.1, 0.15) is 0 Å². The molecule has 1 aliphatic heterocycles. The zero-order chi connectivity index (χ0) is 17.6. The first kappa shape index (κ1) is 21.3. The van der Waals surface area contributed by atoms with Crippen molar-refractivity contribution < 1.29 is 29.7 Å². The van der Waals surface area contributed by atoms with Crippen LogP contribution < -0.4 is 0 Å². The summed E-state index contributed by atoms with van der Waals surface area (Å²) < 4.78 is 10.6. The monoisotopic (exact) mass is 321 g/mol. The SMILES string of the molecule is CC(=O)O.CCCOC(O)OC1CC(C)(C)N(O)C(C)(C)C1. The van der Waals surface area contributed by atoms with E-state index < -0.39 is 12.4 Å². The number of ether oxygens (including phenoxy) is 2. The van der Waals surface area contributed by atoms with Gasteiger partial charge in [-0.2, -0.15) is 5.06 Å². The lowest BCUT2D eigenvalue weighted by Crippen LogP contribution is -2.60. The molecule has 1 fully saturated rings. The molecule has 7 nitrogen and oxygen atoms in total. The minimum atomic E-state index is -1.17. The van der Waals surface area contributed by atoms with Crippen molar-refractivity contribution >= 4 is 5.97 Å². The van der Waals surface area contributed by atoms with Crippen LogP contribution in [-0.2, 0) is 14.3 Å². The molecule has 3 N–H and O–H groups in total. The smallest absolute Gasteiger partial charge is 0.300 e. The molecule has 0 aromatic heterocycles. The van der Waals surface area contributed by atoms with Gasteiger partial charge in [0.15, 0.2) is 0 Å². The molecule has 0 amide bonds. The van der Waals surface area contributed by atoms with Crippen LogP contribution in [0, 0.1) is 0 Å². The normalized spacial score (nSPS) is 22.5. The molecule has 1 unspecified atom stereocenters. The number of aliphatic hydroxyl groups is 1. The van der Waals surface area contributed by atoms with Gasteiger partial charge in [0.05, 0.1) is 12.7 Å². The number of hydroxylamine groups is 2. The Bertz CT molecular complexity index is 323. The van der Waals surface area contributed by atoms with Crippen molar-refractivity contribution in [3.63, 3.8) is 0 Å². The molecule has 0 aromatic carbocycles. The van der Waals surface area contributed by atoms with Crippen LogP contribution in [0.5, 0.6) is 0 Å². The Balaban J connectivity index is 0.000000980. The van der Waals surface area contributed by atoms with E-state index in [9.17, 15) is 10.3 Å². The number of carboxylic acid groups (broad SMARTS) is 1. The number of hydrogen-bond acceptors (Lipinski definition) is 6. The van der Waals surface area contributed by atoms with Gasteiger partial charge in [0.25, 0.3) is 12.4 Å². The molecule has 22 heavy (non-hydrogen) atoms. The van der Waals surface area contributed by atoms with Crippen molar-refractivity contribution in [2.24, 2.45) is 0 Å². The van der Waals surface area contributed by atoms with Gasteiger partial charge in [-0.15, -0.1) is 0 Å². The van der Waals surface area contributed by atoms with E-state index >= 15 is 0 Å². The fraction of sp³-hybridized carbons (Fsp3) is 0.933. The van der Waals surface area contributed by atoms with E-state index in [0.717, 1.165) is 13.3 Å². The fourth-order valence-electron chi connectivity index (χ4n) is 2.70. The lowest BCUT2D eigenvalue weighted by atomic mass is 9.80. The molecule has 0 radical (unpaired) electrons. The number of aliphatic hydroxyl groups excluding tert-OH is 1. The van der Waals surface area contributed by atoms with Crippen LogP contribution in [0.15, 0.2) is 0 Å². The molecule has 1 rings (SSSR count). The fourth-order valence-corrected chi connectivity index (χ4v) is 2.70. The Morgan fingerprint density at radius 2 is 1.68 bits per heavy atom. The molecule has 0 aromatic rings. The van der Waals surface area contributed by atoms with E-state index in [2.05, 4.69) is 0 Å². The van der Waals surface area contributed by atoms with Crippen LogP contribution >= 0.6 is 0 Å². The van der Waals surface area contributed by atoms with Gasteiger partial charge in [0, 0.05) is 18.0 Å². The van der Waals surface area contributed by atoms with E-state index in [1.165, 1.54) is 5.06 Å². The summed E-state index contributed by atoms with van der Waals surface area (Å²) in [5, 5.41) is 28.6. The lowest BCUT2D eigenvalue weighted by Gasteiger charge is -2.51. The quantitative estimate of drug-likeness (QED) is 0.668. The van der Waals surface area contributed by atoms with Crippen LogP contribution in [0.25, 0.3) is 0 Å². The van der Waals surface area contributed by atoms with Crippen LogP contribution in [-0.4, -0.2) is 56.7 Å². The van der Waals surface area contributed by atoms with Crippen molar-refractivity contribution in [1.29, 1.82) is 0 Å². The average Bonchev–Trinajstić information content (AvgIpc) is 2.32. The summed E-state index contributed by atoms with van der Waals surface area (Å²) in [5.41, 5.74) is -0.756. The van der Waals surface area contributed by atoms with Crippen molar-refractivity contribution in [2.45, 2.75) is 84.5 Å². The van der Waals surface area contributed by atoms with Gasteiger partial charge < -0.3 is 24.9 Å². The van der Waals surface area contributed by atoms with Crippen molar-refractivity contribution in [1.82, 2.24) is 5.06 Å². The second-order valence-electron chi connectivity index (χ2n) is 6.80. The predicted octanol–water partition coefficient (Wildman–Crippen LogP) is 2.21. The Labute approximate surface area is 132 Å². The topological polar surface area (TPSA) is 99.5 Å². The van der Waals surface area contributed by atoms with Gasteiger partial charge >= 0.3 is 0 Å². The van der Waals surface area contributed by atoms with Crippen molar-refractivity contribution in [3.05, 3.63) is 0 Å². The second kappa shape index (κ2) is 8.79. The van der Waals surface area contributed by atoms with E-state index in [1.54, 1.807) is 0 Å². The zero-order valence-electron chi connectivity index (χ0n) is 14.5. The highest BCUT2D eigenvalue weighted by Gasteiger charge is 2.45. The molecule has 0 spiro atoms. The number of piperidine rings is 1. The third kappa shape index (κ3) is 7.51. The Kier molecular flexibility index (Phi) is 8.49. The molecule has 1 saturated heterocycles. The maximum atomic E-state index is 10.1. The molecular formula is C15H31NO6.